The molecule has 0 fully saturated rings. The van der Waals surface area contributed by atoms with Gasteiger partial charge in [-0.1, -0.05) is 42.5 Å². The van der Waals surface area contributed by atoms with Crippen LogP contribution in [0.25, 0.3) is 0 Å². The van der Waals surface area contributed by atoms with Crippen LogP contribution in [-0.4, -0.2) is 23.9 Å². The molecular weight excluding hydrogens is 224 g/mol. The lowest BCUT2D eigenvalue weighted by molar-refractivity contribution is -0.130. The van der Waals surface area contributed by atoms with Crippen molar-refractivity contribution in [3.63, 3.8) is 0 Å². The second kappa shape index (κ2) is 7.08. The number of benzene rings is 1. The van der Waals surface area contributed by atoms with Crippen molar-refractivity contribution >= 4 is 5.91 Å². The average molecular weight is 240 g/mol. The van der Waals surface area contributed by atoms with E-state index in [0.29, 0.717) is 18.7 Å². The van der Waals surface area contributed by atoms with Gasteiger partial charge in [-0.15, -0.1) is 13.2 Å². The first-order chi connectivity index (χ1) is 8.74. The fourth-order valence-corrected chi connectivity index (χ4v) is 1.67. The molecule has 1 unspecified atom stereocenters. The Balaban J connectivity index is 2.94. The Bertz CT molecular complexity index is 449. The topological polar surface area (TPSA) is 44.1 Å². The van der Waals surface area contributed by atoms with Gasteiger partial charge in [0.05, 0.1) is 6.07 Å². The largest absolute Gasteiger partial charge is 0.334 e. The Kier molecular flexibility index (Phi) is 5.40. The van der Waals surface area contributed by atoms with Crippen molar-refractivity contribution in [2.75, 3.05) is 13.1 Å². The first-order valence-corrected chi connectivity index (χ1v) is 5.69. The molecule has 3 heteroatoms. The van der Waals surface area contributed by atoms with E-state index in [1.807, 2.05) is 18.2 Å². The summed E-state index contributed by atoms with van der Waals surface area (Å²) in [5.41, 5.74) is 0.711. The molecule has 0 aliphatic rings. The van der Waals surface area contributed by atoms with Crippen molar-refractivity contribution in [2.45, 2.75) is 5.92 Å². The number of nitriles is 1. The predicted octanol–water partition coefficient (Wildman–Crippen LogP) is 2.49. The first kappa shape index (κ1) is 13.7. The van der Waals surface area contributed by atoms with Crippen molar-refractivity contribution in [1.82, 2.24) is 4.90 Å². The Morgan fingerprint density at radius 2 is 1.83 bits per heavy atom. The summed E-state index contributed by atoms with van der Waals surface area (Å²) < 4.78 is 0. The molecule has 0 aliphatic heterocycles. The van der Waals surface area contributed by atoms with Crippen molar-refractivity contribution in [3.8, 4) is 6.07 Å². The fraction of sp³-hybridized carbons (Fsp3) is 0.200. The highest BCUT2D eigenvalue weighted by molar-refractivity contribution is 5.86. The lowest BCUT2D eigenvalue weighted by atomic mass is 9.99. The molecule has 18 heavy (non-hydrogen) atoms. The van der Waals surface area contributed by atoms with Crippen LogP contribution in [0.1, 0.15) is 11.5 Å². The van der Waals surface area contributed by atoms with Crippen LogP contribution in [0.3, 0.4) is 0 Å². The monoisotopic (exact) mass is 240 g/mol. The maximum absolute atomic E-state index is 12.3. The van der Waals surface area contributed by atoms with E-state index in [4.69, 9.17) is 0 Å². The molecule has 0 spiro atoms. The third-order valence-corrected chi connectivity index (χ3v) is 2.52. The summed E-state index contributed by atoms with van der Waals surface area (Å²) in [4.78, 5) is 13.8. The lowest BCUT2D eigenvalue weighted by Crippen LogP contribution is -2.35. The van der Waals surface area contributed by atoms with E-state index in [9.17, 15) is 10.1 Å². The number of rotatable bonds is 6. The fourth-order valence-electron chi connectivity index (χ4n) is 1.67. The smallest absolute Gasteiger partial charge is 0.245 e. The summed E-state index contributed by atoms with van der Waals surface area (Å²) in [5.74, 6) is -0.991. The third kappa shape index (κ3) is 3.33. The van der Waals surface area contributed by atoms with E-state index in [-0.39, 0.29) is 5.91 Å². The highest BCUT2D eigenvalue weighted by Crippen LogP contribution is 2.17. The molecular formula is C15H16N2O. The molecule has 0 saturated heterocycles. The Morgan fingerprint density at radius 3 is 2.28 bits per heavy atom. The first-order valence-electron chi connectivity index (χ1n) is 5.69. The van der Waals surface area contributed by atoms with Gasteiger partial charge in [0.2, 0.25) is 5.91 Å². The normalized spacial score (nSPS) is 11.1. The summed E-state index contributed by atoms with van der Waals surface area (Å²) in [6, 6.07) is 11.1. The van der Waals surface area contributed by atoms with Crippen molar-refractivity contribution in [3.05, 3.63) is 61.2 Å². The molecule has 3 nitrogen and oxygen atoms in total. The molecule has 1 amide bonds. The van der Waals surface area contributed by atoms with E-state index in [2.05, 4.69) is 19.2 Å². The summed E-state index contributed by atoms with van der Waals surface area (Å²) in [7, 11) is 0. The Labute approximate surface area is 108 Å². The zero-order chi connectivity index (χ0) is 13.4. The minimum absolute atomic E-state index is 0.219. The van der Waals surface area contributed by atoms with Crippen LogP contribution in [0, 0.1) is 11.3 Å². The Morgan fingerprint density at radius 1 is 1.28 bits per heavy atom. The second-order valence-corrected chi connectivity index (χ2v) is 3.79. The van der Waals surface area contributed by atoms with Gasteiger partial charge in [-0.3, -0.25) is 4.79 Å². The molecule has 0 saturated carbocycles. The van der Waals surface area contributed by atoms with E-state index in [1.54, 1.807) is 29.2 Å². The predicted molar refractivity (Wildman–Crippen MR) is 71.8 cm³/mol. The van der Waals surface area contributed by atoms with Crippen LogP contribution in [0.15, 0.2) is 55.6 Å². The molecule has 0 aliphatic carbocycles. The molecule has 0 bridgehead atoms. The number of hydrogen-bond acceptors (Lipinski definition) is 2. The number of hydrogen-bond donors (Lipinski definition) is 0. The van der Waals surface area contributed by atoms with E-state index in [1.165, 1.54) is 0 Å². The maximum Gasteiger partial charge on any atom is 0.245 e. The van der Waals surface area contributed by atoms with Crippen LogP contribution in [0.2, 0.25) is 0 Å². The van der Waals surface area contributed by atoms with Crippen molar-refractivity contribution < 1.29 is 4.79 Å². The zero-order valence-corrected chi connectivity index (χ0v) is 10.2. The minimum atomic E-state index is -0.772. The number of carbonyl (C=O) groups excluding carboxylic acids is 1. The molecule has 0 aromatic heterocycles. The van der Waals surface area contributed by atoms with Gasteiger partial charge in [0.15, 0.2) is 0 Å². The van der Waals surface area contributed by atoms with Crippen molar-refractivity contribution in [2.24, 2.45) is 0 Å². The summed E-state index contributed by atoms with van der Waals surface area (Å²) in [6.45, 7) is 8.05. The van der Waals surface area contributed by atoms with Gasteiger partial charge in [0.25, 0.3) is 0 Å². The molecule has 0 heterocycles. The van der Waals surface area contributed by atoms with Crippen LogP contribution in [0.4, 0.5) is 0 Å². The molecule has 1 aromatic carbocycles. The van der Waals surface area contributed by atoms with Gasteiger partial charge in [-0.25, -0.2) is 0 Å². The second-order valence-electron chi connectivity index (χ2n) is 3.79. The van der Waals surface area contributed by atoms with Gasteiger partial charge < -0.3 is 4.90 Å². The molecule has 92 valence electrons. The van der Waals surface area contributed by atoms with Gasteiger partial charge in [0.1, 0.15) is 5.92 Å². The lowest BCUT2D eigenvalue weighted by Gasteiger charge is -2.22. The van der Waals surface area contributed by atoms with Crippen molar-refractivity contribution in [1.29, 1.82) is 5.26 Å². The quantitative estimate of drug-likeness (QED) is 0.717. The van der Waals surface area contributed by atoms with Crippen LogP contribution in [0.5, 0.6) is 0 Å². The molecule has 1 aromatic rings. The average Bonchev–Trinajstić information content (AvgIpc) is 2.40. The maximum atomic E-state index is 12.3. The summed E-state index contributed by atoms with van der Waals surface area (Å²) in [5, 5.41) is 9.19. The highest BCUT2D eigenvalue weighted by Gasteiger charge is 2.24. The minimum Gasteiger partial charge on any atom is -0.334 e. The molecule has 1 atom stereocenters. The van der Waals surface area contributed by atoms with Gasteiger partial charge in [0, 0.05) is 13.1 Å². The zero-order valence-electron chi connectivity index (χ0n) is 10.2. The summed E-state index contributed by atoms with van der Waals surface area (Å²) >= 11 is 0. The molecule has 1 rings (SSSR count). The van der Waals surface area contributed by atoms with Crippen LogP contribution < -0.4 is 0 Å². The Hall–Kier alpha value is -2.34. The summed E-state index contributed by atoms with van der Waals surface area (Å²) in [6.07, 6.45) is 3.28. The number of amides is 1. The van der Waals surface area contributed by atoms with Gasteiger partial charge in [-0.2, -0.15) is 5.26 Å². The highest BCUT2D eigenvalue weighted by atomic mass is 16.2. The van der Waals surface area contributed by atoms with Gasteiger partial charge >= 0.3 is 0 Å². The van der Waals surface area contributed by atoms with E-state index < -0.39 is 5.92 Å². The molecule has 0 radical (unpaired) electrons. The SMILES string of the molecule is C=CCN(CC=C)C(=O)C(C#N)c1ccccc1. The number of nitrogens with zero attached hydrogens (tertiary/aromatic N) is 2. The van der Waals surface area contributed by atoms with Crippen LogP contribution in [-0.2, 0) is 4.79 Å². The standard InChI is InChI=1S/C15H16N2O/c1-3-10-17(11-4-2)15(18)14(12-16)13-8-6-5-7-9-13/h3-9,14H,1-2,10-11H2. The molecule has 0 N–H and O–H groups in total. The van der Waals surface area contributed by atoms with Gasteiger partial charge in [-0.05, 0) is 5.56 Å². The van der Waals surface area contributed by atoms with Crippen LogP contribution >= 0.6 is 0 Å². The third-order valence-electron chi connectivity index (χ3n) is 2.52. The van der Waals surface area contributed by atoms with E-state index >= 15 is 0 Å². The number of carbonyl (C=O) groups is 1. The van der Waals surface area contributed by atoms with E-state index in [0.717, 1.165) is 0 Å².